The van der Waals surface area contributed by atoms with E-state index >= 15 is 0 Å². The van der Waals surface area contributed by atoms with Gasteiger partial charge in [0.1, 0.15) is 11.5 Å². The molecule has 0 atom stereocenters. The van der Waals surface area contributed by atoms with Gasteiger partial charge in [0.2, 0.25) is 0 Å². The molecule has 0 unspecified atom stereocenters. The van der Waals surface area contributed by atoms with Gasteiger partial charge in [-0.3, -0.25) is 0 Å². The molecule has 2 N–H and O–H groups in total. The van der Waals surface area contributed by atoms with Gasteiger partial charge in [0.05, 0.1) is 14.2 Å². The lowest BCUT2D eigenvalue weighted by atomic mass is 10.0. The minimum atomic E-state index is 0.684. The highest BCUT2D eigenvalue weighted by atomic mass is 16.5. The molecule has 0 fully saturated rings. The Bertz CT molecular complexity index is 419. The van der Waals surface area contributed by atoms with Crippen molar-refractivity contribution >= 4 is 0 Å². The van der Waals surface area contributed by atoms with Gasteiger partial charge in [-0.15, -0.1) is 0 Å². The van der Waals surface area contributed by atoms with Gasteiger partial charge >= 0.3 is 0 Å². The van der Waals surface area contributed by atoms with Crippen molar-refractivity contribution in [1.29, 1.82) is 0 Å². The number of hydrogen-bond acceptors (Lipinski definition) is 4. The van der Waals surface area contributed by atoms with E-state index in [0.29, 0.717) is 6.54 Å². The van der Waals surface area contributed by atoms with Crippen LogP contribution in [-0.4, -0.2) is 45.8 Å². The first-order chi connectivity index (χ1) is 9.04. The molecule has 0 amide bonds. The van der Waals surface area contributed by atoms with Crippen LogP contribution in [0, 0.1) is 13.8 Å². The van der Waals surface area contributed by atoms with Crippen LogP contribution >= 0.6 is 0 Å². The second kappa shape index (κ2) is 7.36. The second-order valence-electron chi connectivity index (χ2n) is 4.86. The summed E-state index contributed by atoms with van der Waals surface area (Å²) in [6, 6.07) is 2.08. The first-order valence-corrected chi connectivity index (χ1v) is 6.64. The molecule has 0 spiro atoms. The van der Waals surface area contributed by atoms with Crippen LogP contribution in [-0.2, 0) is 6.42 Å². The van der Waals surface area contributed by atoms with E-state index in [0.717, 1.165) is 42.1 Å². The Labute approximate surface area is 116 Å². The molecule has 0 aromatic heterocycles. The third-order valence-electron chi connectivity index (χ3n) is 3.57. The standard InChI is InChI=1S/C15H26N2O2/c1-11-12(2)15(19-5)13(10-14(11)18-4)6-8-17(3)9-7-16/h10H,6-9,16H2,1-5H3. The molecule has 0 aliphatic heterocycles. The van der Waals surface area contributed by atoms with Crippen LogP contribution < -0.4 is 15.2 Å². The van der Waals surface area contributed by atoms with Gasteiger partial charge in [0.15, 0.2) is 0 Å². The van der Waals surface area contributed by atoms with Crippen LogP contribution in [0.25, 0.3) is 0 Å². The lowest BCUT2D eigenvalue weighted by Gasteiger charge is -2.19. The van der Waals surface area contributed by atoms with Gasteiger partial charge in [-0.25, -0.2) is 0 Å². The summed E-state index contributed by atoms with van der Waals surface area (Å²) in [6.07, 6.45) is 0.928. The Hall–Kier alpha value is -1.26. The fraction of sp³-hybridized carbons (Fsp3) is 0.600. The lowest BCUT2D eigenvalue weighted by Crippen LogP contribution is -2.27. The summed E-state index contributed by atoms with van der Waals surface area (Å²) in [5, 5.41) is 0. The number of hydrogen-bond donors (Lipinski definition) is 1. The summed E-state index contributed by atoms with van der Waals surface area (Å²) in [6.45, 7) is 6.68. The van der Waals surface area contributed by atoms with E-state index in [2.05, 4.69) is 31.9 Å². The van der Waals surface area contributed by atoms with E-state index in [1.807, 2.05) is 0 Å². The number of rotatable bonds is 7. The van der Waals surface area contributed by atoms with Crippen molar-refractivity contribution in [3.8, 4) is 11.5 Å². The Morgan fingerprint density at radius 3 is 2.32 bits per heavy atom. The average molecular weight is 266 g/mol. The van der Waals surface area contributed by atoms with Crippen molar-refractivity contribution in [2.24, 2.45) is 5.73 Å². The monoisotopic (exact) mass is 266 g/mol. The largest absolute Gasteiger partial charge is 0.496 e. The van der Waals surface area contributed by atoms with Crippen molar-refractivity contribution in [3.05, 3.63) is 22.8 Å². The average Bonchev–Trinajstić information content (AvgIpc) is 2.40. The van der Waals surface area contributed by atoms with E-state index in [-0.39, 0.29) is 0 Å². The predicted molar refractivity (Wildman–Crippen MR) is 79.3 cm³/mol. The predicted octanol–water partition coefficient (Wildman–Crippen LogP) is 1.75. The third kappa shape index (κ3) is 3.85. The molecule has 0 heterocycles. The molecule has 1 rings (SSSR count). The molecule has 0 saturated carbocycles. The Morgan fingerprint density at radius 2 is 1.79 bits per heavy atom. The summed E-state index contributed by atoms with van der Waals surface area (Å²) in [5.74, 6) is 1.90. The van der Waals surface area contributed by atoms with Gasteiger partial charge in [-0.1, -0.05) is 0 Å². The summed E-state index contributed by atoms with van der Waals surface area (Å²) >= 11 is 0. The topological polar surface area (TPSA) is 47.7 Å². The fourth-order valence-electron chi connectivity index (χ4n) is 2.25. The van der Waals surface area contributed by atoms with E-state index in [9.17, 15) is 0 Å². The molecule has 19 heavy (non-hydrogen) atoms. The van der Waals surface area contributed by atoms with Crippen molar-refractivity contribution in [1.82, 2.24) is 4.90 Å². The maximum absolute atomic E-state index is 5.56. The highest BCUT2D eigenvalue weighted by Crippen LogP contribution is 2.33. The van der Waals surface area contributed by atoms with Crippen LogP contribution in [0.2, 0.25) is 0 Å². The molecule has 0 saturated heterocycles. The van der Waals surface area contributed by atoms with Gasteiger partial charge < -0.3 is 20.1 Å². The third-order valence-corrected chi connectivity index (χ3v) is 3.57. The van der Waals surface area contributed by atoms with E-state index in [4.69, 9.17) is 15.2 Å². The quantitative estimate of drug-likeness (QED) is 0.817. The summed E-state index contributed by atoms with van der Waals surface area (Å²) in [5.41, 5.74) is 9.03. The number of ether oxygens (including phenoxy) is 2. The van der Waals surface area contributed by atoms with Crippen LogP contribution in [0.3, 0.4) is 0 Å². The van der Waals surface area contributed by atoms with E-state index < -0.39 is 0 Å². The molecular formula is C15H26N2O2. The van der Waals surface area contributed by atoms with Gasteiger partial charge in [-0.2, -0.15) is 0 Å². The molecule has 4 heteroatoms. The Kier molecular flexibility index (Phi) is 6.12. The maximum Gasteiger partial charge on any atom is 0.125 e. The zero-order chi connectivity index (χ0) is 14.4. The molecule has 1 aromatic carbocycles. The van der Waals surface area contributed by atoms with Gasteiger partial charge in [0, 0.05) is 19.6 Å². The summed E-state index contributed by atoms with van der Waals surface area (Å²) < 4.78 is 11.0. The second-order valence-corrected chi connectivity index (χ2v) is 4.86. The van der Waals surface area contributed by atoms with Crippen molar-refractivity contribution in [2.45, 2.75) is 20.3 Å². The van der Waals surface area contributed by atoms with Crippen molar-refractivity contribution < 1.29 is 9.47 Å². The molecule has 108 valence electrons. The highest BCUT2D eigenvalue weighted by Gasteiger charge is 2.14. The zero-order valence-corrected chi connectivity index (χ0v) is 12.7. The maximum atomic E-state index is 5.56. The van der Waals surface area contributed by atoms with Crippen LogP contribution in [0.4, 0.5) is 0 Å². The Morgan fingerprint density at radius 1 is 1.11 bits per heavy atom. The number of nitrogens with two attached hydrogens (primary N) is 1. The van der Waals surface area contributed by atoms with E-state index in [1.165, 1.54) is 5.56 Å². The van der Waals surface area contributed by atoms with Crippen molar-refractivity contribution in [2.75, 3.05) is 40.9 Å². The molecule has 0 aliphatic carbocycles. The summed E-state index contributed by atoms with van der Waals surface area (Å²) in [7, 11) is 5.51. The van der Waals surface area contributed by atoms with Crippen LogP contribution in [0.15, 0.2) is 6.07 Å². The van der Waals surface area contributed by atoms with Crippen molar-refractivity contribution in [3.63, 3.8) is 0 Å². The number of nitrogens with zero attached hydrogens (tertiary/aromatic N) is 1. The molecule has 1 aromatic rings. The Balaban J connectivity index is 2.95. The first-order valence-electron chi connectivity index (χ1n) is 6.64. The minimum Gasteiger partial charge on any atom is -0.496 e. The molecule has 4 nitrogen and oxygen atoms in total. The smallest absolute Gasteiger partial charge is 0.125 e. The number of benzene rings is 1. The SMILES string of the molecule is COc1cc(CCN(C)CCN)c(OC)c(C)c1C. The van der Waals surface area contributed by atoms with E-state index in [1.54, 1.807) is 14.2 Å². The molecular weight excluding hydrogens is 240 g/mol. The molecule has 0 aliphatic rings. The molecule has 0 bridgehead atoms. The zero-order valence-electron chi connectivity index (χ0n) is 12.7. The normalized spacial score (nSPS) is 10.9. The minimum absolute atomic E-state index is 0.684. The van der Waals surface area contributed by atoms with Crippen LogP contribution in [0.5, 0.6) is 11.5 Å². The first kappa shape index (κ1) is 15.8. The highest BCUT2D eigenvalue weighted by molar-refractivity contribution is 5.52. The summed E-state index contributed by atoms with van der Waals surface area (Å²) in [4.78, 5) is 2.22. The number of methoxy groups -OCH3 is 2. The fourth-order valence-corrected chi connectivity index (χ4v) is 2.25. The lowest BCUT2D eigenvalue weighted by molar-refractivity contribution is 0.342. The number of likely N-dealkylation sites (N-methyl/N-ethyl adjacent to an activating group) is 1. The molecule has 0 radical (unpaired) electrons. The van der Waals surface area contributed by atoms with Crippen LogP contribution in [0.1, 0.15) is 16.7 Å². The van der Waals surface area contributed by atoms with Gasteiger partial charge in [-0.05, 0) is 50.1 Å². The van der Waals surface area contributed by atoms with Gasteiger partial charge in [0.25, 0.3) is 0 Å².